The van der Waals surface area contributed by atoms with Crippen LogP contribution in [0.1, 0.15) is 52.0 Å². The molecule has 4 atom stereocenters. The van der Waals surface area contributed by atoms with Gasteiger partial charge >= 0.3 is 12.2 Å². The normalized spacial score (nSPS) is 25.9. The van der Waals surface area contributed by atoms with Crippen molar-refractivity contribution in [2.45, 2.75) is 70.7 Å². The van der Waals surface area contributed by atoms with E-state index in [2.05, 4.69) is 10.6 Å². The van der Waals surface area contributed by atoms with Crippen molar-refractivity contribution in [2.24, 2.45) is 11.8 Å². The van der Waals surface area contributed by atoms with E-state index in [-0.39, 0.29) is 31.2 Å². The molecule has 8 heteroatoms. The Hall–Kier alpha value is -2.32. The molecule has 0 bridgehead atoms. The number of ether oxygens (including phenoxy) is 2. The lowest BCUT2D eigenvalue weighted by Gasteiger charge is -2.45. The fraction of sp³-hybridized carbons (Fsp3) is 0.680. The zero-order valence-electron chi connectivity index (χ0n) is 20.1. The minimum atomic E-state index is -0.627. The first-order valence-electron chi connectivity index (χ1n) is 12.0. The van der Waals surface area contributed by atoms with Crippen molar-refractivity contribution in [3.8, 4) is 0 Å². The van der Waals surface area contributed by atoms with Gasteiger partial charge in [-0.3, -0.25) is 0 Å². The van der Waals surface area contributed by atoms with Crippen LogP contribution in [0.5, 0.6) is 0 Å². The number of amides is 2. The maximum atomic E-state index is 13.1. The Bertz CT molecular complexity index is 761. The second kappa shape index (κ2) is 11.7. The first-order valence-corrected chi connectivity index (χ1v) is 12.0. The molecule has 2 aliphatic rings. The fourth-order valence-corrected chi connectivity index (χ4v) is 4.77. The summed E-state index contributed by atoms with van der Waals surface area (Å²) < 4.78 is 11.1. The maximum absolute atomic E-state index is 13.1. The van der Waals surface area contributed by atoms with Crippen LogP contribution in [0.25, 0.3) is 0 Å². The Morgan fingerprint density at radius 1 is 1.24 bits per heavy atom. The monoisotopic (exact) mass is 461 g/mol. The van der Waals surface area contributed by atoms with Gasteiger partial charge in [-0.05, 0) is 71.0 Å². The minimum absolute atomic E-state index is 0.0542. The van der Waals surface area contributed by atoms with E-state index in [4.69, 9.17) is 9.47 Å². The molecule has 1 aromatic rings. The summed E-state index contributed by atoms with van der Waals surface area (Å²) in [6, 6.07) is 9.03. The van der Waals surface area contributed by atoms with E-state index in [1.54, 1.807) is 4.90 Å². The first-order chi connectivity index (χ1) is 15.7. The highest BCUT2D eigenvalue weighted by Gasteiger charge is 2.41. The lowest BCUT2D eigenvalue weighted by Crippen LogP contribution is -2.59. The number of rotatable bonds is 6. The van der Waals surface area contributed by atoms with Crippen molar-refractivity contribution in [2.75, 3.05) is 26.2 Å². The Labute approximate surface area is 197 Å². The second-order valence-electron chi connectivity index (χ2n) is 10.2. The quantitative estimate of drug-likeness (QED) is 0.601. The highest BCUT2D eigenvalue weighted by molar-refractivity contribution is 5.70. The van der Waals surface area contributed by atoms with Crippen molar-refractivity contribution in [1.29, 1.82) is 0 Å². The number of likely N-dealkylation sites (tertiary alicyclic amines) is 1. The van der Waals surface area contributed by atoms with E-state index < -0.39 is 17.8 Å². The first kappa shape index (κ1) is 25.3. The van der Waals surface area contributed by atoms with Gasteiger partial charge in [0.05, 0.1) is 6.04 Å². The van der Waals surface area contributed by atoms with Crippen LogP contribution < -0.4 is 10.6 Å². The van der Waals surface area contributed by atoms with Crippen LogP contribution in [0, 0.1) is 11.8 Å². The van der Waals surface area contributed by atoms with Gasteiger partial charge < -0.3 is 30.1 Å². The molecule has 4 unspecified atom stereocenters. The predicted octanol–water partition coefficient (Wildman–Crippen LogP) is 3.29. The molecule has 1 aromatic carbocycles. The van der Waals surface area contributed by atoms with E-state index >= 15 is 0 Å². The van der Waals surface area contributed by atoms with Gasteiger partial charge in [0.15, 0.2) is 0 Å². The molecule has 2 saturated heterocycles. The van der Waals surface area contributed by atoms with Crippen LogP contribution in [0.15, 0.2) is 30.3 Å². The third-order valence-corrected chi connectivity index (χ3v) is 6.32. The summed E-state index contributed by atoms with van der Waals surface area (Å²) in [5.74, 6) is 0.302. The predicted molar refractivity (Wildman–Crippen MR) is 126 cm³/mol. The fourth-order valence-electron chi connectivity index (χ4n) is 4.77. The smallest absolute Gasteiger partial charge is 0.410 e. The largest absolute Gasteiger partial charge is 0.445 e. The molecule has 0 aromatic heterocycles. The zero-order valence-corrected chi connectivity index (χ0v) is 20.1. The van der Waals surface area contributed by atoms with Crippen LogP contribution in [0.4, 0.5) is 9.59 Å². The summed E-state index contributed by atoms with van der Waals surface area (Å²) in [4.78, 5) is 27.3. The zero-order chi connectivity index (χ0) is 23.8. The van der Waals surface area contributed by atoms with E-state index in [0.29, 0.717) is 18.9 Å². The highest BCUT2D eigenvalue weighted by Crippen LogP contribution is 2.31. The number of carbonyl (C=O) groups is 2. The lowest BCUT2D eigenvalue weighted by atomic mass is 9.80. The number of aliphatic hydroxyl groups is 1. The highest BCUT2D eigenvalue weighted by atomic mass is 16.6. The summed E-state index contributed by atoms with van der Waals surface area (Å²) in [7, 11) is 0. The molecule has 2 aliphatic heterocycles. The number of benzene rings is 1. The average molecular weight is 462 g/mol. The molecule has 0 spiro atoms. The molecule has 0 aliphatic carbocycles. The third-order valence-electron chi connectivity index (χ3n) is 6.32. The molecule has 8 nitrogen and oxygen atoms in total. The number of nitrogens with one attached hydrogen (secondary N) is 2. The van der Waals surface area contributed by atoms with Crippen molar-refractivity contribution < 1.29 is 24.2 Å². The van der Waals surface area contributed by atoms with Crippen LogP contribution in [-0.4, -0.2) is 66.1 Å². The van der Waals surface area contributed by atoms with E-state index in [0.717, 1.165) is 37.9 Å². The van der Waals surface area contributed by atoms with Gasteiger partial charge in [0, 0.05) is 25.1 Å². The van der Waals surface area contributed by atoms with Gasteiger partial charge in [-0.1, -0.05) is 30.3 Å². The molecule has 0 saturated carbocycles. The molecule has 2 fully saturated rings. The average Bonchev–Trinajstić information content (AvgIpc) is 2.78. The van der Waals surface area contributed by atoms with Gasteiger partial charge in [0.25, 0.3) is 0 Å². The van der Waals surface area contributed by atoms with Crippen molar-refractivity contribution >= 4 is 12.2 Å². The summed E-state index contributed by atoms with van der Waals surface area (Å²) in [6.45, 7) is 7.93. The second-order valence-corrected chi connectivity index (χ2v) is 10.2. The van der Waals surface area contributed by atoms with Gasteiger partial charge in [0.2, 0.25) is 0 Å². The van der Waals surface area contributed by atoms with E-state index in [9.17, 15) is 14.7 Å². The van der Waals surface area contributed by atoms with Crippen molar-refractivity contribution in [3.63, 3.8) is 0 Å². The molecule has 2 amide bonds. The SMILES string of the molecule is CC(C)(C)OC(=O)N1CC(NC(=O)OCc2ccccc2)CC(CO)C1CC1CCCNC1. The number of piperidine rings is 2. The van der Waals surface area contributed by atoms with Crippen molar-refractivity contribution in [3.05, 3.63) is 35.9 Å². The topological polar surface area (TPSA) is 100 Å². The van der Waals surface area contributed by atoms with E-state index in [1.165, 1.54) is 0 Å². The standard InChI is InChI=1S/C25H39N3O5/c1-25(2,3)33-24(31)28-15-21(27-23(30)32-17-18-8-5-4-6-9-18)13-20(16-29)22(28)12-19-10-7-11-26-14-19/h4-6,8-9,19-22,26,29H,7,10-17H2,1-3H3,(H,27,30). The van der Waals surface area contributed by atoms with Crippen LogP contribution in [-0.2, 0) is 16.1 Å². The Kier molecular flexibility index (Phi) is 8.97. The van der Waals surface area contributed by atoms with Gasteiger partial charge in [-0.15, -0.1) is 0 Å². The third kappa shape index (κ3) is 7.89. The number of aliphatic hydroxyl groups excluding tert-OH is 1. The maximum Gasteiger partial charge on any atom is 0.410 e. The van der Waals surface area contributed by atoms with Gasteiger partial charge in [-0.2, -0.15) is 0 Å². The van der Waals surface area contributed by atoms with Gasteiger partial charge in [0.1, 0.15) is 12.2 Å². The van der Waals surface area contributed by atoms with Gasteiger partial charge in [-0.25, -0.2) is 9.59 Å². The summed E-state index contributed by atoms with van der Waals surface area (Å²) in [5.41, 5.74) is 0.277. The lowest BCUT2D eigenvalue weighted by molar-refractivity contribution is -0.0191. The van der Waals surface area contributed by atoms with Crippen LogP contribution in [0.3, 0.4) is 0 Å². The summed E-state index contributed by atoms with van der Waals surface area (Å²) >= 11 is 0. The Morgan fingerprint density at radius 3 is 2.64 bits per heavy atom. The number of hydrogen-bond acceptors (Lipinski definition) is 6. The summed E-state index contributed by atoms with van der Waals surface area (Å²) in [6.07, 6.45) is 2.69. The Morgan fingerprint density at radius 2 is 2.00 bits per heavy atom. The van der Waals surface area contributed by atoms with Crippen LogP contribution >= 0.6 is 0 Å². The molecule has 2 heterocycles. The molecule has 33 heavy (non-hydrogen) atoms. The molecular weight excluding hydrogens is 422 g/mol. The van der Waals surface area contributed by atoms with E-state index in [1.807, 2.05) is 51.1 Å². The number of hydrogen-bond donors (Lipinski definition) is 3. The molecule has 184 valence electrons. The number of alkyl carbamates (subject to hydrolysis) is 1. The number of nitrogens with zero attached hydrogens (tertiary/aromatic N) is 1. The molecular formula is C25H39N3O5. The number of carbonyl (C=O) groups excluding carboxylic acids is 2. The summed E-state index contributed by atoms with van der Waals surface area (Å²) in [5, 5.41) is 16.5. The Balaban J connectivity index is 1.66. The van der Waals surface area contributed by atoms with Crippen molar-refractivity contribution in [1.82, 2.24) is 15.5 Å². The molecule has 3 rings (SSSR count). The minimum Gasteiger partial charge on any atom is -0.445 e. The molecule has 3 N–H and O–H groups in total. The van der Waals surface area contributed by atoms with Crippen LogP contribution in [0.2, 0.25) is 0 Å². The molecule has 0 radical (unpaired) electrons.